The van der Waals surface area contributed by atoms with Crippen LogP contribution in [0.2, 0.25) is 0 Å². The number of hydrogen-bond donors (Lipinski definition) is 5. The Morgan fingerprint density at radius 3 is 1.65 bits per heavy atom. The van der Waals surface area contributed by atoms with Gasteiger partial charge in [-0.1, -0.05) is 0 Å². The van der Waals surface area contributed by atoms with Gasteiger partial charge in [-0.3, -0.25) is 24.2 Å². The number of carbonyl (C=O) groups is 5. The monoisotopic (exact) mass is 585 g/mol. The van der Waals surface area contributed by atoms with Crippen LogP contribution in [0.3, 0.4) is 0 Å². The molecule has 15 heteroatoms. The van der Waals surface area contributed by atoms with E-state index in [0.29, 0.717) is 22.8 Å². The summed E-state index contributed by atoms with van der Waals surface area (Å²) >= 11 is 0. The van der Waals surface area contributed by atoms with Crippen molar-refractivity contribution in [1.82, 2.24) is 24.0 Å². The molecule has 4 heterocycles. The molecule has 0 fully saturated rings. The molecular formula is C28H27N9O6. The van der Waals surface area contributed by atoms with Crippen LogP contribution in [-0.4, -0.2) is 59.9 Å². The maximum atomic E-state index is 13.0. The summed E-state index contributed by atoms with van der Waals surface area (Å²) in [7, 11) is 4.91. The van der Waals surface area contributed by atoms with Gasteiger partial charge in [0.25, 0.3) is 23.6 Å². The SMILES string of the molecule is Cn1cc(NC(=O)c2cc(NC(=O)c3cc(NC(=O)c4ccc(C(=O)O)cn4)cn3C)cn2C)cc1C(=O)NCCC#N. The summed E-state index contributed by atoms with van der Waals surface area (Å²) in [6.07, 6.45) is 5.92. The van der Waals surface area contributed by atoms with E-state index in [1.807, 2.05) is 6.07 Å². The van der Waals surface area contributed by atoms with Crippen molar-refractivity contribution < 1.29 is 29.1 Å². The highest BCUT2D eigenvalue weighted by molar-refractivity contribution is 6.08. The van der Waals surface area contributed by atoms with E-state index < -0.39 is 23.7 Å². The molecule has 4 aromatic rings. The Balaban J connectivity index is 1.39. The minimum Gasteiger partial charge on any atom is -0.478 e. The average molecular weight is 586 g/mol. The van der Waals surface area contributed by atoms with Crippen molar-refractivity contribution in [2.75, 3.05) is 22.5 Å². The number of amides is 4. The first-order valence-corrected chi connectivity index (χ1v) is 12.7. The van der Waals surface area contributed by atoms with Crippen LogP contribution in [0, 0.1) is 11.3 Å². The van der Waals surface area contributed by atoms with Crippen LogP contribution >= 0.6 is 0 Å². The Bertz CT molecular complexity index is 1770. The lowest BCUT2D eigenvalue weighted by Crippen LogP contribution is -2.25. The number of hydrogen-bond acceptors (Lipinski definition) is 7. The Morgan fingerprint density at radius 1 is 0.767 bits per heavy atom. The molecule has 0 aliphatic heterocycles. The van der Waals surface area contributed by atoms with Crippen molar-refractivity contribution in [3.05, 3.63) is 83.5 Å². The van der Waals surface area contributed by atoms with Gasteiger partial charge in [0, 0.05) is 52.5 Å². The molecule has 0 aliphatic carbocycles. The topological polar surface area (TPSA) is 205 Å². The molecule has 4 amide bonds. The molecule has 0 saturated heterocycles. The van der Waals surface area contributed by atoms with Crippen LogP contribution in [0.25, 0.3) is 0 Å². The Morgan fingerprint density at radius 2 is 1.23 bits per heavy atom. The van der Waals surface area contributed by atoms with E-state index in [2.05, 4.69) is 26.3 Å². The van der Waals surface area contributed by atoms with Crippen LogP contribution in [0.5, 0.6) is 0 Å². The first kappa shape index (κ1) is 29.8. The molecule has 43 heavy (non-hydrogen) atoms. The molecule has 0 radical (unpaired) electrons. The van der Waals surface area contributed by atoms with Gasteiger partial charge in [-0.25, -0.2) is 4.79 Å². The van der Waals surface area contributed by atoms with Crippen LogP contribution < -0.4 is 21.3 Å². The third kappa shape index (κ3) is 6.95. The number of carboxylic acids is 1. The summed E-state index contributed by atoms with van der Waals surface area (Å²) in [6.45, 7) is 0.209. The van der Waals surface area contributed by atoms with Gasteiger partial charge in [0.15, 0.2) is 0 Å². The largest absolute Gasteiger partial charge is 0.478 e. The van der Waals surface area contributed by atoms with Gasteiger partial charge in [0.2, 0.25) is 0 Å². The summed E-state index contributed by atoms with van der Waals surface area (Å²) in [5.41, 5.74) is 1.74. The molecule has 0 aromatic carbocycles. The molecule has 4 rings (SSSR count). The molecule has 0 aliphatic rings. The second kappa shape index (κ2) is 12.6. The fourth-order valence-corrected chi connectivity index (χ4v) is 4.14. The van der Waals surface area contributed by atoms with Gasteiger partial charge in [-0.2, -0.15) is 5.26 Å². The van der Waals surface area contributed by atoms with Gasteiger partial charge in [-0.05, 0) is 30.3 Å². The number of rotatable bonds is 10. The molecule has 0 bridgehead atoms. The van der Waals surface area contributed by atoms with Gasteiger partial charge in [-0.15, -0.1) is 0 Å². The Labute approximate surface area is 244 Å². The van der Waals surface area contributed by atoms with E-state index in [9.17, 15) is 24.0 Å². The lowest BCUT2D eigenvalue weighted by atomic mass is 10.2. The fraction of sp³-hybridized carbons (Fsp3) is 0.179. The highest BCUT2D eigenvalue weighted by Crippen LogP contribution is 2.20. The summed E-state index contributed by atoms with van der Waals surface area (Å²) in [5, 5.41) is 28.3. The lowest BCUT2D eigenvalue weighted by molar-refractivity contribution is 0.0695. The number of carbonyl (C=O) groups excluding carboxylic acids is 4. The number of aryl methyl sites for hydroxylation is 3. The van der Waals surface area contributed by atoms with Gasteiger partial charge in [0.1, 0.15) is 22.8 Å². The van der Waals surface area contributed by atoms with E-state index >= 15 is 0 Å². The first-order chi connectivity index (χ1) is 20.5. The van der Waals surface area contributed by atoms with Crippen molar-refractivity contribution in [2.45, 2.75) is 6.42 Å². The number of aromatic nitrogens is 4. The van der Waals surface area contributed by atoms with Crippen LogP contribution in [0.4, 0.5) is 17.1 Å². The fourth-order valence-electron chi connectivity index (χ4n) is 4.14. The zero-order valence-corrected chi connectivity index (χ0v) is 23.3. The Kier molecular flexibility index (Phi) is 8.70. The lowest BCUT2D eigenvalue weighted by Gasteiger charge is -2.03. The highest BCUT2D eigenvalue weighted by atomic mass is 16.4. The number of aromatic carboxylic acids is 1. The molecule has 4 aromatic heterocycles. The zero-order chi connectivity index (χ0) is 31.3. The standard InChI is InChI=1S/C28H27N9O6/c1-35-14-18(9-21(35)25(39)30-8-4-7-29)33-27(41)23-11-19(15-37(23)3)34-26(40)22-10-17(13-36(22)2)32-24(38)20-6-5-16(12-31-20)28(42)43/h5-6,9-15H,4,8H2,1-3H3,(H,30,39)(H,32,38)(H,33,41)(H,34,40)(H,42,43). The van der Waals surface area contributed by atoms with E-state index in [1.165, 1.54) is 45.7 Å². The van der Waals surface area contributed by atoms with Crippen LogP contribution in [-0.2, 0) is 21.1 Å². The van der Waals surface area contributed by atoms with Gasteiger partial charge < -0.3 is 40.1 Å². The normalized spacial score (nSPS) is 10.5. The van der Waals surface area contributed by atoms with Gasteiger partial charge >= 0.3 is 5.97 Å². The Hall–Kier alpha value is -6.17. The second-order valence-electron chi connectivity index (χ2n) is 9.44. The number of anilines is 3. The molecule has 0 spiro atoms. The van der Waals surface area contributed by atoms with E-state index in [1.54, 1.807) is 38.1 Å². The molecule has 0 saturated carbocycles. The molecule has 0 atom stereocenters. The summed E-state index contributed by atoms with van der Waals surface area (Å²) in [4.78, 5) is 65.6. The minimum absolute atomic E-state index is 0.000498. The predicted molar refractivity (Wildman–Crippen MR) is 154 cm³/mol. The number of carboxylic acid groups (broad SMARTS) is 1. The minimum atomic E-state index is -1.16. The van der Waals surface area contributed by atoms with Crippen molar-refractivity contribution >= 4 is 46.7 Å². The van der Waals surface area contributed by atoms with Gasteiger partial charge in [0.05, 0.1) is 35.1 Å². The smallest absolute Gasteiger partial charge is 0.337 e. The molecule has 0 unspecified atom stereocenters. The quantitative estimate of drug-likeness (QED) is 0.174. The van der Waals surface area contributed by atoms with Crippen molar-refractivity contribution in [2.24, 2.45) is 21.1 Å². The van der Waals surface area contributed by atoms with Crippen molar-refractivity contribution in [1.29, 1.82) is 5.26 Å². The summed E-state index contributed by atoms with van der Waals surface area (Å²) in [6, 6.07) is 8.95. The molecular weight excluding hydrogens is 558 g/mol. The first-order valence-electron chi connectivity index (χ1n) is 12.7. The van der Waals surface area contributed by atoms with E-state index in [4.69, 9.17) is 10.4 Å². The number of nitrogens with zero attached hydrogens (tertiary/aromatic N) is 5. The summed E-state index contributed by atoms with van der Waals surface area (Å²) in [5.74, 6) is -3.10. The average Bonchev–Trinajstić information content (AvgIpc) is 3.64. The number of nitriles is 1. The van der Waals surface area contributed by atoms with Crippen molar-refractivity contribution in [3.8, 4) is 6.07 Å². The van der Waals surface area contributed by atoms with E-state index in [0.717, 1.165) is 6.20 Å². The molecule has 5 N–H and O–H groups in total. The third-order valence-electron chi connectivity index (χ3n) is 6.25. The van der Waals surface area contributed by atoms with Crippen LogP contribution in [0.1, 0.15) is 58.7 Å². The molecule has 220 valence electrons. The van der Waals surface area contributed by atoms with Crippen LogP contribution in [0.15, 0.2) is 55.1 Å². The summed E-state index contributed by atoms with van der Waals surface area (Å²) < 4.78 is 4.59. The highest BCUT2D eigenvalue weighted by Gasteiger charge is 2.19. The number of nitrogens with one attached hydrogen (secondary N) is 4. The maximum Gasteiger partial charge on any atom is 0.337 e. The van der Waals surface area contributed by atoms with E-state index in [-0.39, 0.29) is 41.5 Å². The second-order valence-corrected chi connectivity index (χ2v) is 9.44. The predicted octanol–water partition coefficient (Wildman–Crippen LogP) is 2.20. The number of pyridine rings is 1. The molecule has 15 nitrogen and oxygen atoms in total. The zero-order valence-electron chi connectivity index (χ0n) is 23.3. The van der Waals surface area contributed by atoms with Crippen molar-refractivity contribution in [3.63, 3.8) is 0 Å². The third-order valence-corrected chi connectivity index (χ3v) is 6.25. The maximum absolute atomic E-state index is 13.0.